The lowest BCUT2D eigenvalue weighted by Crippen LogP contribution is -2.31. The van der Waals surface area contributed by atoms with Gasteiger partial charge in [-0.3, -0.25) is 0 Å². The first-order valence-corrected chi connectivity index (χ1v) is 53.0. The van der Waals surface area contributed by atoms with E-state index < -0.39 is 0 Å². The number of fused-ring (bicyclic) bond motifs is 25. The van der Waals surface area contributed by atoms with Crippen LogP contribution in [0.25, 0.3) is 220 Å². The highest BCUT2D eigenvalue weighted by atomic mass is 16.3. The van der Waals surface area contributed by atoms with Crippen LogP contribution in [0, 0.1) is 87.0 Å². The SMILES string of the molecule is Cc1cc(-c2c(C)cc(C)c3c2oc2ccc4ccccc4c23)[n+](C)cc1C.Cc1cc[n+](C)c(-c2c(C)cc(C)c3c2oc2ccc4ccccc4c23)c1.Cc1ccc2c(oc3ccc4ccccc4c32)c1-c1cc(CC(C)C)cc[n+]1C.Cc1ccc2c(oc3ccc4ccccc4c32)c1-c1cc(CC2CCCC2)cc[n+]1C.Cc1ccc2c(oc3ccc4ccccc4c32)c1-c1cc(CC2CCCCC2)cc[n+]1C. The average molecular weight is 1930 g/mol. The highest BCUT2D eigenvalue weighted by Gasteiger charge is 2.32. The van der Waals surface area contributed by atoms with Crippen LogP contribution in [0.3, 0.4) is 0 Å². The van der Waals surface area contributed by atoms with Gasteiger partial charge < -0.3 is 22.1 Å². The first-order chi connectivity index (χ1) is 71.4. The molecule has 10 aromatic heterocycles. The van der Waals surface area contributed by atoms with Crippen molar-refractivity contribution in [1.29, 1.82) is 0 Å². The summed E-state index contributed by atoms with van der Waals surface area (Å²) in [5.74, 6) is 2.30. The molecular weight excluding hydrogens is 1800 g/mol. The molecule has 0 saturated heterocycles. The lowest BCUT2D eigenvalue weighted by molar-refractivity contribution is -0.660. The Hall–Kier alpha value is -15.7. The lowest BCUT2D eigenvalue weighted by Gasteiger charge is -2.21. The van der Waals surface area contributed by atoms with Crippen molar-refractivity contribution in [1.82, 2.24) is 0 Å². The van der Waals surface area contributed by atoms with Crippen LogP contribution in [0.2, 0.25) is 0 Å². The summed E-state index contributed by atoms with van der Waals surface area (Å²) >= 11 is 0. The van der Waals surface area contributed by atoms with Gasteiger partial charge >= 0.3 is 0 Å². The molecule has 0 atom stereocenters. The minimum Gasteiger partial charge on any atom is -0.455 e. The fourth-order valence-electron chi connectivity index (χ4n) is 24.6. The first kappa shape index (κ1) is 94.9. The van der Waals surface area contributed by atoms with Crippen molar-refractivity contribution in [3.05, 3.63) is 388 Å². The molecule has 10 nitrogen and oxygen atoms in total. The summed E-state index contributed by atoms with van der Waals surface area (Å²) in [7, 11) is 10.6. The molecule has 0 spiro atoms. The van der Waals surface area contributed by atoms with Crippen LogP contribution in [-0.2, 0) is 54.5 Å². The van der Waals surface area contributed by atoms with Crippen LogP contribution in [0.1, 0.15) is 144 Å². The number of hydrogen-bond donors (Lipinski definition) is 0. The van der Waals surface area contributed by atoms with Crippen molar-refractivity contribution in [2.75, 3.05) is 0 Å². The maximum atomic E-state index is 6.56. The largest absolute Gasteiger partial charge is 0.455 e. The summed E-state index contributed by atoms with van der Waals surface area (Å²) in [5, 5.41) is 24.6. The van der Waals surface area contributed by atoms with Crippen LogP contribution in [0.4, 0.5) is 0 Å². The monoisotopic (exact) mass is 1930 g/mol. The zero-order valence-electron chi connectivity index (χ0n) is 88.0. The van der Waals surface area contributed by atoms with Crippen LogP contribution in [-0.4, -0.2) is 0 Å². The Balaban J connectivity index is 0.000000101. The molecular formula is C137H130N5O5+5. The molecule has 0 aliphatic heterocycles. The van der Waals surface area contributed by atoms with Crippen LogP contribution < -0.4 is 22.8 Å². The molecule has 0 radical (unpaired) electrons. The minimum absolute atomic E-state index is 0.630. The Morgan fingerprint density at radius 2 is 0.537 bits per heavy atom. The molecule has 0 N–H and O–H groups in total. The molecule has 2 aliphatic carbocycles. The highest BCUT2D eigenvalue weighted by Crippen LogP contribution is 2.49. The van der Waals surface area contributed by atoms with E-state index >= 15 is 0 Å². The molecule has 25 aromatic rings. The van der Waals surface area contributed by atoms with Gasteiger partial charge in [-0.25, -0.2) is 22.8 Å². The number of hydrogen-bond acceptors (Lipinski definition) is 5. The first-order valence-electron chi connectivity index (χ1n) is 53.0. The topological polar surface area (TPSA) is 85.1 Å². The Labute approximate surface area is 860 Å². The maximum absolute atomic E-state index is 6.56. The van der Waals surface area contributed by atoms with Gasteiger partial charge in [0.1, 0.15) is 91.1 Å². The smallest absolute Gasteiger partial charge is 0.216 e. The summed E-state index contributed by atoms with van der Waals surface area (Å²) in [6.45, 7) is 26.3. The maximum Gasteiger partial charge on any atom is 0.216 e. The van der Waals surface area contributed by atoms with Gasteiger partial charge in [-0.1, -0.05) is 272 Å². The number of furan rings is 5. The average Bonchev–Trinajstić information content (AvgIpc) is 1.58. The van der Waals surface area contributed by atoms with Crippen LogP contribution >= 0.6 is 0 Å². The van der Waals surface area contributed by atoms with E-state index in [1.54, 1.807) is 0 Å². The van der Waals surface area contributed by atoms with E-state index in [0.717, 1.165) is 74.1 Å². The molecule has 2 fully saturated rings. The summed E-state index contributed by atoms with van der Waals surface area (Å²) in [4.78, 5) is 0. The van der Waals surface area contributed by atoms with Crippen molar-refractivity contribution < 1.29 is 44.9 Å². The molecule has 0 bridgehead atoms. The Kier molecular flexibility index (Phi) is 25.2. The molecule has 728 valence electrons. The zero-order valence-corrected chi connectivity index (χ0v) is 88.0. The van der Waals surface area contributed by atoms with Crippen molar-refractivity contribution in [2.24, 2.45) is 53.0 Å². The van der Waals surface area contributed by atoms with Crippen LogP contribution in [0.15, 0.2) is 338 Å². The van der Waals surface area contributed by atoms with Crippen molar-refractivity contribution in [2.45, 2.75) is 160 Å². The number of rotatable bonds is 11. The number of aryl methyl sites for hydroxylation is 15. The molecule has 15 aromatic carbocycles. The van der Waals surface area contributed by atoms with E-state index in [2.05, 4.69) is 457 Å². The van der Waals surface area contributed by atoms with E-state index in [4.69, 9.17) is 22.1 Å². The number of benzene rings is 15. The highest BCUT2D eigenvalue weighted by molar-refractivity contribution is 6.26. The third-order valence-corrected chi connectivity index (χ3v) is 32.1. The van der Waals surface area contributed by atoms with Gasteiger partial charge in [0.15, 0.2) is 31.0 Å². The Morgan fingerprint density at radius 1 is 0.238 bits per heavy atom. The quantitative estimate of drug-likeness (QED) is 0.120. The molecule has 10 heteroatoms. The fraction of sp³-hybridized carbons (Fsp3) is 0.234. The third-order valence-electron chi connectivity index (χ3n) is 32.1. The molecule has 27 rings (SSSR count). The van der Waals surface area contributed by atoms with E-state index in [0.29, 0.717) is 5.92 Å². The summed E-state index contributed by atoms with van der Waals surface area (Å²) < 4.78 is 43.7. The van der Waals surface area contributed by atoms with Gasteiger partial charge in [0, 0.05) is 114 Å². The number of pyridine rings is 5. The van der Waals surface area contributed by atoms with Gasteiger partial charge in [-0.05, 0) is 257 Å². The van der Waals surface area contributed by atoms with E-state index in [1.807, 2.05) is 0 Å². The summed E-state index contributed by atoms with van der Waals surface area (Å²) in [6.07, 6.45) is 26.9. The fourth-order valence-corrected chi connectivity index (χ4v) is 24.6. The van der Waals surface area contributed by atoms with E-state index in [9.17, 15) is 0 Å². The third kappa shape index (κ3) is 17.5. The summed E-state index contributed by atoms with van der Waals surface area (Å²) in [5.41, 5.74) is 38.6. The zero-order chi connectivity index (χ0) is 101. The number of aromatic nitrogens is 5. The second kappa shape index (κ2) is 39.0. The predicted octanol–water partition coefficient (Wildman–Crippen LogP) is 34.3. The molecule has 2 saturated carbocycles. The van der Waals surface area contributed by atoms with Crippen molar-refractivity contribution in [3.8, 4) is 56.3 Å². The molecule has 0 unspecified atom stereocenters. The van der Waals surface area contributed by atoms with Gasteiger partial charge in [0.2, 0.25) is 28.5 Å². The number of nitrogens with zero attached hydrogens (tertiary/aromatic N) is 5. The van der Waals surface area contributed by atoms with Crippen LogP contribution in [0.5, 0.6) is 0 Å². The standard InChI is InChI=1S/C30H30NO.C29H28NO.C27H26NO.C26H24NO.C25H22NO/c1-20-12-14-25-29-24-11-7-6-10-23(24)13-15-27(29)32-30(25)28(20)26-19-22(16-17-31(26)2)18-21-8-4-3-5-9-21;1-19-11-13-24-28-23-10-6-5-9-22(23)12-14-26(28)31-29(24)27(19)25-18-21(15-16-30(25)2)17-20-7-3-4-8-20;1-17(2)15-19-13-14-28(4)23(16-19)25-18(3)9-11-22-26-21-8-6-5-7-20(21)10-12-24(26)29-27(22)25;1-15-13-21(27(5)14-18(15)4)23-16(2)12-17(3)24-25-20-9-7-6-8-19(20)10-11-22(25)28-26(23)24;1-15-11-12-26(4)20(13-15)22-16(2)14-17(3)23-24-19-8-6-5-7-18(19)9-10-21(24)27-25(22)23/h6-7,10-17,19,21H,3-5,8-9,18H2,1-2H3;5-6,9-16,18,20H,3-4,7-8,17H2,1-2H3;5-14,16-17H,15H2,1-4H3;6-14H,1-5H3;5-14H,1-4H3/q5*+1. The van der Waals surface area contributed by atoms with E-state index in [-0.39, 0.29) is 0 Å². The predicted molar refractivity (Wildman–Crippen MR) is 611 cm³/mol. The lowest BCUT2D eigenvalue weighted by atomic mass is 9.85. The molecule has 147 heavy (non-hydrogen) atoms. The normalized spacial score (nSPS) is 13.2. The molecule has 2 aliphatic rings. The van der Waals surface area contributed by atoms with Gasteiger partial charge in [0.25, 0.3) is 0 Å². The molecule has 0 amide bonds. The van der Waals surface area contributed by atoms with Gasteiger partial charge in [-0.2, -0.15) is 0 Å². The Bertz CT molecular complexity index is 9570. The molecule has 10 heterocycles. The second-order valence-electron chi connectivity index (χ2n) is 43.0. The minimum atomic E-state index is 0.630. The Morgan fingerprint density at radius 3 is 0.905 bits per heavy atom. The van der Waals surface area contributed by atoms with Gasteiger partial charge in [-0.15, -0.1) is 0 Å². The second-order valence-corrected chi connectivity index (χ2v) is 43.0. The van der Waals surface area contributed by atoms with Crippen molar-refractivity contribution >= 4 is 164 Å². The van der Waals surface area contributed by atoms with Crippen molar-refractivity contribution in [3.63, 3.8) is 0 Å². The van der Waals surface area contributed by atoms with Gasteiger partial charge in [0.05, 0.1) is 27.8 Å². The summed E-state index contributed by atoms with van der Waals surface area (Å²) in [6, 6.07) is 103. The van der Waals surface area contributed by atoms with E-state index in [1.165, 1.54) is 307 Å².